The van der Waals surface area contributed by atoms with Gasteiger partial charge in [0.05, 0.1) is 0 Å². The molecule has 1 N–H and O–H groups in total. The fraction of sp³-hybridized carbons (Fsp3) is 0.333. The molecule has 0 unspecified atom stereocenters. The number of allylic oxidation sites excluding steroid dienone is 3. The standard InChI is InChI=1S/C24H27N3O2/c28-23(18-29-22-12-5-10-19-11-6-13-26-24(19)22)25-14-7-15-27-16-20-8-3-1-2-4-9-21(20)17-27/h1,3-6,9-13H,2,7-8,14-18H2,(H,25,28)/b3-1-,9-4-. The van der Waals surface area contributed by atoms with E-state index in [4.69, 9.17) is 4.74 Å². The zero-order valence-corrected chi connectivity index (χ0v) is 16.6. The molecule has 5 heteroatoms. The molecular weight excluding hydrogens is 362 g/mol. The van der Waals surface area contributed by atoms with Crippen molar-refractivity contribution in [3.63, 3.8) is 0 Å². The molecule has 5 nitrogen and oxygen atoms in total. The summed E-state index contributed by atoms with van der Waals surface area (Å²) in [7, 11) is 0. The Morgan fingerprint density at radius 2 is 2.07 bits per heavy atom. The number of pyridine rings is 1. The number of carbonyl (C=O) groups excluding carboxylic acids is 1. The van der Waals surface area contributed by atoms with Crippen LogP contribution in [0.4, 0.5) is 0 Å². The lowest BCUT2D eigenvalue weighted by Crippen LogP contribution is -2.32. The number of para-hydroxylation sites is 1. The lowest BCUT2D eigenvalue weighted by Gasteiger charge is -2.16. The van der Waals surface area contributed by atoms with E-state index in [-0.39, 0.29) is 12.5 Å². The SMILES string of the molecule is O=C(COc1cccc2cccnc12)NCCCN1CC2=C(C/C=C\C/C=C\2)C1. The molecule has 1 aliphatic heterocycles. The van der Waals surface area contributed by atoms with Gasteiger partial charge in [-0.3, -0.25) is 14.7 Å². The first-order valence-electron chi connectivity index (χ1n) is 10.3. The van der Waals surface area contributed by atoms with Crippen molar-refractivity contribution in [2.75, 3.05) is 32.8 Å². The summed E-state index contributed by atoms with van der Waals surface area (Å²) in [5.41, 5.74) is 3.78. The number of hydrogen-bond acceptors (Lipinski definition) is 4. The van der Waals surface area contributed by atoms with Crippen LogP contribution in [0.25, 0.3) is 10.9 Å². The Morgan fingerprint density at radius 1 is 1.14 bits per heavy atom. The molecule has 0 spiro atoms. The summed E-state index contributed by atoms with van der Waals surface area (Å²) in [5.74, 6) is 0.540. The minimum Gasteiger partial charge on any atom is -0.481 e. The first-order valence-corrected chi connectivity index (χ1v) is 10.3. The Morgan fingerprint density at radius 3 is 3.03 bits per heavy atom. The molecule has 2 aliphatic rings. The Kier molecular flexibility index (Phi) is 6.37. The number of ether oxygens (including phenoxy) is 1. The Bertz CT molecular complexity index is 956. The van der Waals surface area contributed by atoms with Gasteiger partial charge in [0, 0.05) is 37.8 Å². The quantitative estimate of drug-likeness (QED) is 0.580. The molecule has 1 aromatic heterocycles. The van der Waals surface area contributed by atoms with Crippen molar-refractivity contribution in [1.82, 2.24) is 15.2 Å². The number of amides is 1. The number of rotatable bonds is 7. The molecule has 1 aliphatic carbocycles. The number of hydrogen-bond donors (Lipinski definition) is 1. The van der Waals surface area contributed by atoms with Crippen molar-refractivity contribution in [2.45, 2.75) is 19.3 Å². The fourth-order valence-corrected chi connectivity index (χ4v) is 3.83. The maximum Gasteiger partial charge on any atom is 0.257 e. The van der Waals surface area contributed by atoms with Gasteiger partial charge in [-0.1, -0.05) is 42.5 Å². The van der Waals surface area contributed by atoms with Gasteiger partial charge < -0.3 is 10.1 Å². The highest BCUT2D eigenvalue weighted by Gasteiger charge is 2.19. The van der Waals surface area contributed by atoms with Gasteiger partial charge in [-0.15, -0.1) is 0 Å². The van der Waals surface area contributed by atoms with Crippen LogP contribution in [0, 0.1) is 0 Å². The van der Waals surface area contributed by atoms with E-state index in [9.17, 15) is 4.79 Å². The van der Waals surface area contributed by atoms with Gasteiger partial charge in [0.2, 0.25) is 0 Å². The predicted molar refractivity (Wildman–Crippen MR) is 116 cm³/mol. The number of carbonyl (C=O) groups is 1. The van der Waals surface area contributed by atoms with Crippen molar-refractivity contribution in [2.24, 2.45) is 0 Å². The number of aromatic nitrogens is 1. The third kappa shape index (κ3) is 5.12. The molecule has 2 aromatic rings. The first kappa shape index (κ1) is 19.4. The van der Waals surface area contributed by atoms with Crippen LogP contribution in [-0.4, -0.2) is 48.6 Å². The second-order valence-corrected chi connectivity index (χ2v) is 7.48. The molecule has 1 amide bonds. The number of nitrogens with one attached hydrogen (secondary N) is 1. The first-order chi connectivity index (χ1) is 14.3. The molecule has 0 saturated carbocycles. The molecule has 2 heterocycles. The van der Waals surface area contributed by atoms with Crippen molar-refractivity contribution < 1.29 is 9.53 Å². The van der Waals surface area contributed by atoms with Crippen molar-refractivity contribution in [1.29, 1.82) is 0 Å². The summed E-state index contributed by atoms with van der Waals surface area (Å²) >= 11 is 0. The highest BCUT2D eigenvalue weighted by Crippen LogP contribution is 2.24. The van der Waals surface area contributed by atoms with Crippen molar-refractivity contribution in [3.8, 4) is 5.75 Å². The van der Waals surface area contributed by atoms with Crippen LogP contribution in [0.15, 0.2) is 72.0 Å². The molecule has 29 heavy (non-hydrogen) atoms. The smallest absolute Gasteiger partial charge is 0.257 e. The third-order valence-corrected chi connectivity index (χ3v) is 5.31. The molecule has 0 atom stereocenters. The Labute approximate surface area is 171 Å². The number of benzene rings is 1. The van der Waals surface area contributed by atoms with Crippen molar-refractivity contribution in [3.05, 3.63) is 72.0 Å². The van der Waals surface area contributed by atoms with Gasteiger partial charge in [-0.25, -0.2) is 0 Å². The summed E-state index contributed by atoms with van der Waals surface area (Å²) < 4.78 is 5.69. The van der Waals surface area contributed by atoms with Crippen LogP contribution in [0.3, 0.4) is 0 Å². The Hall–Kier alpha value is -2.92. The molecule has 150 valence electrons. The van der Waals surface area contributed by atoms with E-state index < -0.39 is 0 Å². The van der Waals surface area contributed by atoms with Gasteiger partial charge in [0.15, 0.2) is 6.61 Å². The van der Waals surface area contributed by atoms with E-state index in [1.165, 1.54) is 11.1 Å². The van der Waals surface area contributed by atoms with Crippen LogP contribution in [0.1, 0.15) is 19.3 Å². The lowest BCUT2D eigenvalue weighted by molar-refractivity contribution is -0.123. The maximum absolute atomic E-state index is 12.1. The zero-order chi connectivity index (χ0) is 19.9. The summed E-state index contributed by atoms with van der Waals surface area (Å²) in [6.45, 7) is 3.71. The molecular formula is C24H27N3O2. The predicted octanol–water partition coefficient (Wildman–Crippen LogP) is 3.64. The average molecular weight is 389 g/mol. The normalized spacial score (nSPS) is 18.8. The topological polar surface area (TPSA) is 54.5 Å². The minimum absolute atomic E-state index is 0.00633. The van der Waals surface area contributed by atoms with Gasteiger partial charge >= 0.3 is 0 Å². The summed E-state index contributed by atoms with van der Waals surface area (Å²) in [6.07, 6.45) is 13.8. The lowest BCUT2D eigenvalue weighted by atomic mass is 10.0. The van der Waals surface area contributed by atoms with E-state index in [1.54, 1.807) is 6.20 Å². The van der Waals surface area contributed by atoms with Crippen LogP contribution >= 0.6 is 0 Å². The van der Waals surface area contributed by atoms with E-state index in [0.717, 1.165) is 49.8 Å². The van der Waals surface area contributed by atoms with E-state index >= 15 is 0 Å². The zero-order valence-electron chi connectivity index (χ0n) is 16.6. The highest BCUT2D eigenvalue weighted by molar-refractivity contribution is 5.85. The highest BCUT2D eigenvalue weighted by atomic mass is 16.5. The molecule has 0 fully saturated rings. The van der Waals surface area contributed by atoms with Gasteiger partial charge in [-0.2, -0.15) is 0 Å². The summed E-state index contributed by atoms with van der Waals surface area (Å²) in [5, 5.41) is 3.96. The third-order valence-electron chi connectivity index (χ3n) is 5.31. The second kappa shape index (κ2) is 9.52. The van der Waals surface area contributed by atoms with Crippen LogP contribution in [0.2, 0.25) is 0 Å². The van der Waals surface area contributed by atoms with E-state index in [0.29, 0.717) is 12.3 Å². The fourth-order valence-electron chi connectivity index (χ4n) is 3.83. The van der Waals surface area contributed by atoms with Gasteiger partial charge in [0.25, 0.3) is 5.91 Å². The van der Waals surface area contributed by atoms with Crippen LogP contribution in [0.5, 0.6) is 5.75 Å². The summed E-state index contributed by atoms with van der Waals surface area (Å²) in [6, 6.07) is 9.61. The summed E-state index contributed by atoms with van der Waals surface area (Å²) in [4.78, 5) is 18.9. The van der Waals surface area contributed by atoms with Crippen LogP contribution in [-0.2, 0) is 4.79 Å². The van der Waals surface area contributed by atoms with E-state index in [1.807, 2.05) is 30.3 Å². The van der Waals surface area contributed by atoms with E-state index in [2.05, 4.69) is 39.5 Å². The van der Waals surface area contributed by atoms with Crippen molar-refractivity contribution >= 4 is 16.8 Å². The van der Waals surface area contributed by atoms with Gasteiger partial charge in [0.1, 0.15) is 11.3 Å². The molecule has 0 saturated heterocycles. The van der Waals surface area contributed by atoms with Crippen LogP contribution < -0.4 is 10.1 Å². The molecule has 4 rings (SSSR count). The molecule has 1 aromatic carbocycles. The maximum atomic E-state index is 12.1. The molecule has 0 radical (unpaired) electrons. The Balaban J connectivity index is 1.17. The monoisotopic (exact) mass is 389 g/mol. The minimum atomic E-state index is -0.0992. The second-order valence-electron chi connectivity index (χ2n) is 7.48. The largest absolute Gasteiger partial charge is 0.481 e. The van der Waals surface area contributed by atoms with Gasteiger partial charge in [-0.05, 0) is 42.5 Å². The average Bonchev–Trinajstić information content (AvgIpc) is 3.10. The molecule has 0 bridgehead atoms. The number of fused-ring (bicyclic) bond motifs is 1. The number of nitrogens with zero attached hydrogens (tertiary/aromatic N) is 2.